The molecule has 5 heteroatoms. The maximum Gasteiger partial charge on any atom is 0.239 e. The molecule has 4 nitrogen and oxygen atoms in total. The van der Waals surface area contributed by atoms with Gasteiger partial charge < -0.3 is 15.0 Å². The van der Waals surface area contributed by atoms with Crippen LogP contribution in [-0.4, -0.2) is 49.2 Å². The van der Waals surface area contributed by atoms with E-state index in [1.165, 1.54) is 0 Å². The summed E-state index contributed by atoms with van der Waals surface area (Å²) >= 11 is 0. The fourth-order valence-corrected chi connectivity index (χ4v) is 2.31. The fraction of sp³-hybridized carbons (Fsp3) is 0.909. The molecule has 2 fully saturated rings. The van der Waals surface area contributed by atoms with E-state index in [1.807, 2.05) is 11.8 Å². The molecule has 0 spiro atoms. The molecule has 2 aliphatic rings. The van der Waals surface area contributed by atoms with E-state index in [-0.39, 0.29) is 30.5 Å². The minimum Gasteiger partial charge on any atom is -0.377 e. The Labute approximate surface area is 103 Å². The standard InChI is InChI=1S/C11H20N2O2.ClH/c1-9-8-13(6-3-7-15-9)11(14)10-4-2-5-12-10;/h9-10,12H,2-8H2,1H3;1H/t9?,10-;/m0./s1. The van der Waals surface area contributed by atoms with Gasteiger partial charge >= 0.3 is 0 Å². The minimum atomic E-state index is 0. The first-order valence-electron chi connectivity index (χ1n) is 5.91. The second kappa shape index (κ2) is 6.42. The summed E-state index contributed by atoms with van der Waals surface area (Å²) in [5.41, 5.74) is 0. The zero-order chi connectivity index (χ0) is 10.7. The summed E-state index contributed by atoms with van der Waals surface area (Å²) in [6.07, 6.45) is 3.25. The number of amides is 1. The predicted molar refractivity (Wildman–Crippen MR) is 64.9 cm³/mol. The Morgan fingerprint density at radius 2 is 2.25 bits per heavy atom. The third kappa shape index (κ3) is 3.34. The molecule has 94 valence electrons. The molecule has 2 atom stereocenters. The van der Waals surface area contributed by atoms with Crippen LogP contribution in [0.1, 0.15) is 26.2 Å². The minimum absolute atomic E-state index is 0. The average molecular weight is 249 g/mol. The molecule has 1 N–H and O–H groups in total. The fourth-order valence-electron chi connectivity index (χ4n) is 2.31. The van der Waals surface area contributed by atoms with E-state index in [0.717, 1.165) is 45.5 Å². The number of carbonyl (C=O) groups excluding carboxylic acids is 1. The molecule has 0 radical (unpaired) electrons. The van der Waals surface area contributed by atoms with Crippen LogP contribution < -0.4 is 5.32 Å². The van der Waals surface area contributed by atoms with E-state index in [1.54, 1.807) is 0 Å². The Morgan fingerprint density at radius 1 is 1.44 bits per heavy atom. The number of ether oxygens (including phenoxy) is 1. The molecule has 0 aliphatic carbocycles. The Morgan fingerprint density at radius 3 is 2.94 bits per heavy atom. The molecular formula is C11H21ClN2O2. The number of halogens is 1. The molecule has 0 aromatic rings. The van der Waals surface area contributed by atoms with Crippen molar-refractivity contribution in [2.24, 2.45) is 0 Å². The van der Waals surface area contributed by atoms with Crippen molar-refractivity contribution >= 4 is 18.3 Å². The average Bonchev–Trinajstić information content (AvgIpc) is 2.67. The van der Waals surface area contributed by atoms with Gasteiger partial charge in [0.2, 0.25) is 5.91 Å². The zero-order valence-electron chi connectivity index (χ0n) is 9.78. The molecule has 0 saturated carbocycles. The van der Waals surface area contributed by atoms with Gasteiger partial charge in [-0.1, -0.05) is 0 Å². The van der Waals surface area contributed by atoms with Gasteiger partial charge in [0, 0.05) is 19.7 Å². The number of hydrogen-bond acceptors (Lipinski definition) is 3. The lowest BCUT2D eigenvalue weighted by Crippen LogP contribution is -2.45. The molecular weight excluding hydrogens is 228 g/mol. The van der Waals surface area contributed by atoms with Crippen LogP contribution in [0.25, 0.3) is 0 Å². The maximum atomic E-state index is 12.1. The third-order valence-corrected chi connectivity index (χ3v) is 3.12. The summed E-state index contributed by atoms with van der Waals surface area (Å²) in [5, 5.41) is 3.26. The quantitative estimate of drug-likeness (QED) is 0.746. The first-order valence-corrected chi connectivity index (χ1v) is 5.91. The lowest BCUT2D eigenvalue weighted by molar-refractivity contribution is -0.133. The summed E-state index contributed by atoms with van der Waals surface area (Å²) in [6, 6.07) is 0.0651. The van der Waals surface area contributed by atoms with Crippen LogP contribution in [0.15, 0.2) is 0 Å². The van der Waals surface area contributed by atoms with Gasteiger partial charge in [0.05, 0.1) is 12.1 Å². The number of nitrogens with one attached hydrogen (secondary N) is 1. The number of nitrogens with zero attached hydrogens (tertiary/aromatic N) is 1. The zero-order valence-corrected chi connectivity index (χ0v) is 10.6. The highest BCUT2D eigenvalue weighted by Crippen LogP contribution is 2.12. The molecule has 1 unspecified atom stereocenters. The van der Waals surface area contributed by atoms with Gasteiger partial charge in [0.1, 0.15) is 0 Å². The van der Waals surface area contributed by atoms with E-state index in [0.29, 0.717) is 0 Å². The predicted octanol–water partition coefficient (Wildman–Crippen LogP) is 0.798. The summed E-state index contributed by atoms with van der Waals surface area (Å²) in [7, 11) is 0. The van der Waals surface area contributed by atoms with Crippen LogP contribution in [0.5, 0.6) is 0 Å². The SMILES string of the molecule is CC1CN(C(=O)[C@@H]2CCCN2)CCCO1.Cl. The Bertz CT molecular complexity index is 232. The number of rotatable bonds is 1. The van der Waals surface area contributed by atoms with Gasteiger partial charge in [0.15, 0.2) is 0 Å². The van der Waals surface area contributed by atoms with Crippen molar-refractivity contribution in [2.75, 3.05) is 26.2 Å². The van der Waals surface area contributed by atoms with E-state index in [4.69, 9.17) is 4.74 Å². The van der Waals surface area contributed by atoms with Gasteiger partial charge in [-0.05, 0) is 32.7 Å². The van der Waals surface area contributed by atoms with E-state index in [2.05, 4.69) is 5.32 Å². The van der Waals surface area contributed by atoms with E-state index < -0.39 is 0 Å². The second-order valence-electron chi connectivity index (χ2n) is 4.47. The van der Waals surface area contributed by atoms with Crippen LogP contribution >= 0.6 is 12.4 Å². The molecule has 16 heavy (non-hydrogen) atoms. The topological polar surface area (TPSA) is 41.6 Å². The van der Waals surface area contributed by atoms with Crippen molar-refractivity contribution in [1.29, 1.82) is 0 Å². The van der Waals surface area contributed by atoms with Crippen molar-refractivity contribution in [3.05, 3.63) is 0 Å². The van der Waals surface area contributed by atoms with Gasteiger partial charge in [-0.2, -0.15) is 0 Å². The van der Waals surface area contributed by atoms with Gasteiger partial charge in [-0.25, -0.2) is 0 Å². The summed E-state index contributed by atoms with van der Waals surface area (Å²) in [5.74, 6) is 0.268. The van der Waals surface area contributed by atoms with Crippen LogP contribution in [-0.2, 0) is 9.53 Å². The Kier molecular flexibility index (Phi) is 5.52. The molecule has 2 heterocycles. The molecule has 1 amide bonds. The normalized spacial score (nSPS) is 30.7. The summed E-state index contributed by atoms with van der Waals surface area (Å²) < 4.78 is 5.53. The number of carbonyl (C=O) groups is 1. The van der Waals surface area contributed by atoms with E-state index >= 15 is 0 Å². The van der Waals surface area contributed by atoms with Crippen molar-refractivity contribution < 1.29 is 9.53 Å². The van der Waals surface area contributed by atoms with Crippen molar-refractivity contribution in [2.45, 2.75) is 38.3 Å². The van der Waals surface area contributed by atoms with E-state index in [9.17, 15) is 4.79 Å². The lowest BCUT2D eigenvalue weighted by atomic mass is 10.2. The third-order valence-electron chi connectivity index (χ3n) is 3.12. The lowest BCUT2D eigenvalue weighted by Gasteiger charge is -2.25. The van der Waals surface area contributed by atoms with Crippen molar-refractivity contribution in [3.63, 3.8) is 0 Å². The summed E-state index contributed by atoms with van der Waals surface area (Å²) in [4.78, 5) is 14.1. The Balaban J connectivity index is 0.00000128. The monoisotopic (exact) mass is 248 g/mol. The van der Waals surface area contributed by atoms with Gasteiger partial charge in [-0.3, -0.25) is 4.79 Å². The highest BCUT2D eigenvalue weighted by Gasteiger charge is 2.28. The smallest absolute Gasteiger partial charge is 0.239 e. The first kappa shape index (κ1) is 13.7. The van der Waals surface area contributed by atoms with Crippen LogP contribution in [0.2, 0.25) is 0 Å². The first-order chi connectivity index (χ1) is 7.27. The molecule has 0 aromatic carbocycles. The highest BCUT2D eigenvalue weighted by molar-refractivity contribution is 5.85. The van der Waals surface area contributed by atoms with Crippen molar-refractivity contribution in [3.8, 4) is 0 Å². The van der Waals surface area contributed by atoms with Crippen LogP contribution in [0.4, 0.5) is 0 Å². The van der Waals surface area contributed by atoms with Crippen LogP contribution in [0.3, 0.4) is 0 Å². The molecule has 2 rings (SSSR count). The summed E-state index contributed by atoms with van der Waals surface area (Å²) in [6.45, 7) is 5.39. The molecule has 0 bridgehead atoms. The maximum absolute atomic E-state index is 12.1. The second-order valence-corrected chi connectivity index (χ2v) is 4.47. The largest absolute Gasteiger partial charge is 0.377 e. The van der Waals surface area contributed by atoms with Gasteiger partial charge in [-0.15, -0.1) is 12.4 Å². The molecule has 2 saturated heterocycles. The molecule has 2 aliphatic heterocycles. The Hall–Kier alpha value is -0.320. The number of hydrogen-bond donors (Lipinski definition) is 1. The van der Waals surface area contributed by atoms with Crippen molar-refractivity contribution in [1.82, 2.24) is 10.2 Å². The van der Waals surface area contributed by atoms with Crippen LogP contribution in [0, 0.1) is 0 Å². The van der Waals surface area contributed by atoms with Gasteiger partial charge in [0.25, 0.3) is 0 Å². The molecule has 0 aromatic heterocycles. The highest BCUT2D eigenvalue weighted by atomic mass is 35.5.